The van der Waals surface area contributed by atoms with Crippen molar-refractivity contribution < 1.29 is 9.53 Å². The van der Waals surface area contributed by atoms with Gasteiger partial charge in [0.05, 0.1) is 0 Å². The molecule has 11 N–H and O–H groups in total. The summed E-state index contributed by atoms with van der Waals surface area (Å²) in [7, 11) is 7.27. The summed E-state index contributed by atoms with van der Waals surface area (Å²) in [5, 5.41) is 28.1. The second-order valence-corrected chi connectivity index (χ2v) is 28.3. The predicted octanol–water partition coefficient (Wildman–Crippen LogP) is 21.2. The van der Waals surface area contributed by atoms with Crippen LogP contribution >= 0.6 is 0 Å². The first-order chi connectivity index (χ1) is 59.6. The molecule has 1 aliphatic heterocycles. The maximum absolute atomic E-state index is 12.2. The van der Waals surface area contributed by atoms with Gasteiger partial charge in [-0.3, -0.25) is 19.7 Å². The number of piperidine rings is 1. The fourth-order valence-electron chi connectivity index (χ4n) is 10.0. The minimum atomic E-state index is -0.368. The number of aryl methyl sites for hydroxylation is 2. The molecule has 123 heavy (non-hydrogen) atoms. The Kier molecular flexibility index (Phi) is 66.5. The molecule has 0 bridgehead atoms. The van der Waals surface area contributed by atoms with Gasteiger partial charge < -0.3 is 63.2 Å². The Bertz CT molecular complexity index is 3970. The summed E-state index contributed by atoms with van der Waals surface area (Å²) < 4.78 is 4.94. The molecule has 13 rings (SSSR count). The van der Waals surface area contributed by atoms with Crippen LogP contribution < -0.4 is 63.4 Å². The minimum absolute atomic E-state index is 0. The van der Waals surface area contributed by atoms with E-state index in [1.165, 1.54) is 45.2 Å². The number of pyridine rings is 11. The van der Waals surface area contributed by atoms with E-state index in [0.29, 0.717) is 12.6 Å². The lowest BCUT2D eigenvalue weighted by Gasteiger charge is -2.28. The van der Waals surface area contributed by atoms with E-state index in [1.54, 1.807) is 43.0 Å². The number of anilines is 11. The average molecular weight is 1680 g/mol. The molecule has 2 aliphatic rings. The number of nitrogens with one attached hydrogen (secondary N) is 9. The molecule has 11 aromatic rings. The van der Waals surface area contributed by atoms with Crippen molar-refractivity contribution >= 4 is 69.9 Å². The highest BCUT2D eigenvalue weighted by Gasteiger charge is 2.28. The summed E-state index contributed by atoms with van der Waals surface area (Å²) in [4.78, 5) is 62.2. The van der Waals surface area contributed by atoms with Gasteiger partial charge >= 0.3 is 0 Å². The smallest absolute Gasteiger partial charge is 0.233 e. The lowest BCUT2D eigenvalue weighted by molar-refractivity contribution is -0.125. The first-order valence-corrected chi connectivity index (χ1v) is 43.5. The van der Waals surface area contributed by atoms with Crippen LogP contribution in [0.25, 0.3) is 0 Å². The lowest BCUT2D eigenvalue weighted by atomic mass is 9.94. The Labute approximate surface area is 739 Å². The van der Waals surface area contributed by atoms with E-state index < -0.39 is 0 Å². The summed E-state index contributed by atoms with van der Waals surface area (Å²) in [6.07, 6.45) is 32.4. The largest absolute Gasteiger partial charge is 0.385 e. The third-order valence-corrected chi connectivity index (χ3v) is 16.6. The second-order valence-electron chi connectivity index (χ2n) is 28.3. The first-order valence-electron chi connectivity index (χ1n) is 43.5. The average Bonchev–Trinajstić information content (AvgIpc) is 1.84. The van der Waals surface area contributed by atoms with Gasteiger partial charge in [0.25, 0.3) is 0 Å². The van der Waals surface area contributed by atoms with Gasteiger partial charge in [-0.25, -0.2) is 44.9 Å². The Hall–Kier alpha value is -12.0. The molecule has 0 aromatic carbocycles. The molecule has 1 aliphatic carbocycles. The SMILES string of the molecule is C.CCCN.CCCN(C(=O)C(C)(C)C)c1ccccn1.CCCNc1cccc(NCCC)n1.CCCNc1ccccn1.CCCNc1ccccn1.CCNc1ccccn1.CCc1ccccn1.CNc1cccc(NC)n1.CNc1ccccn1.COCCCc1ccccn1.c1ccc(N2CCCCC2)nc1.c1ccc(NC2CC2)nc1. The van der Waals surface area contributed by atoms with Crippen LogP contribution in [0, 0.1) is 5.41 Å². The molecule has 12 heterocycles. The Morgan fingerprint density at radius 2 is 0.797 bits per heavy atom. The highest BCUT2D eigenvalue weighted by molar-refractivity contribution is 5.96. The van der Waals surface area contributed by atoms with Crippen LogP contribution in [0.1, 0.15) is 172 Å². The normalized spacial score (nSPS) is 10.9. The summed E-state index contributed by atoms with van der Waals surface area (Å²) in [5.74, 6) is 10.4. The van der Waals surface area contributed by atoms with Gasteiger partial charge in [-0.2, -0.15) is 0 Å². The van der Waals surface area contributed by atoms with Crippen LogP contribution in [0.5, 0.6) is 0 Å². The van der Waals surface area contributed by atoms with Crippen molar-refractivity contribution in [3.8, 4) is 0 Å². The molecule has 25 heteroatoms. The number of methoxy groups -OCH3 is 1. The molecule has 670 valence electrons. The monoisotopic (exact) mass is 1680 g/mol. The number of carbonyl (C=O) groups is 1. The third-order valence-electron chi connectivity index (χ3n) is 16.6. The molecule has 1 amide bonds. The van der Waals surface area contributed by atoms with Crippen molar-refractivity contribution in [2.75, 3.05) is 151 Å². The van der Waals surface area contributed by atoms with E-state index in [0.717, 1.165) is 179 Å². The third kappa shape index (κ3) is 57.8. The van der Waals surface area contributed by atoms with E-state index >= 15 is 0 Å². The molecular weight excluding hydrogens is 1530 g/mol. The number of nitrogens with two attached hydrogens (primary N) is 1. The zero-order valence-corrected chi connectivity index (χ0v) is 76.0. The van der Waals surface area contributed by atoms with Gasteiger partial charge in [0.1, 0.15) is 64.0 Å². The highest BCUT2D eigenvalue weighted by atomic mass is 16.5. The number of carbonyl (C=O) groups excluding carboxylic acids is 1. The van der Waals surface area contributed by atoms with E-state index in [2.05, 4.69) is 175 Å². The Balaban J connectivity index is 0.000000676. The first kappa shape index (κ1) is 109. The van der Waals surface area contributed by atoms with Gasteiger partial charge in [-0.15, -0.1) is 0 Å². The van der Waals surface area contributed by atoms with Crippen LogP contribution in [0.2, 0.25) is 0 Å². The van der Waals surface area contributed by atoms with Gasteiger partial charge in [-0.1, -0.05) is 143 Å². The van der Waals surface area contributed by atoms with Crippen molar-refractivity contribution in [1.29, 1.82) is 0 Å². The number of amides is 1. The van der Waals surface area contributed by atoms with Crippen molar-refractivity contribution in [2.45, 2.75) is 180 Å². The van der Waals surface area contributed by atoms with Gasteiger partial charge in [0.2, 0.25) is 5.91 Å². The number of rotatable bonds is 29. The van der Waals surface area contributed by atoms with Gasteiger partial charge in [0.15, 0.2) is 0 Å². The van der Waals surface area contributed by atoms with Crippen molar-refractivity contribution in [3.63, 3.8) is 0 Å². The summed E-state index contributed by atoms with van der Waals surface area (Å²) in [6.45, 7) is 32.2. The Morgan fingerprint density at radius 1 is 0.423 bits per heavy atom. The van der Waals surface area contributed by atoms with E-state index in [1.807, 2.05) is 255 Å². The molecule has 1 saturated carbocycles. The van der Waals surface area contributed by atoms with Crippen molar-refractivity contribution in [1.82, 2.24) is 54.8 Å². The standard InChI is InChI=1S/C13H20N2O.C11H19N3.C10H14N2.C9H13NO.C8H10N2.2C8H12N2.C7H11N3.C7H10N2.C7H9N.C6H8N2.C3H9N.CH4/c1-5-10-15(12(16)13(2,3)4)11-8-6-7-9-14-11;1-3-8-12-10-6-5-7-11(14-10)13-9-4-2;1-4-8-12(9-5-1)10-6-2-3-7-11-10;1-11-8-4-6-9-5-2-3-7-10-9;1-2-6-9-8(3-1)10-7-4-5-7;2*1-2-6-9-8-5-3-4-7-10-8;1-8-6-4-3-5-7(9-2)10-6;1-2-8-7-5-3-4-6-9-7;1-2-7-5-3-4-6-8-7;1-7-6-4-2-3-5-8-6;1-2-3-4;/h6-9H,5,10H2,1-4H3;5-7H,3-4,8-9H2,1-2H3,(H2,12,13,14);2-3,6-7H,1,4-5,8-9H2;2-3,5,7H,4,6,8H2,1H3;1-3,6-7H,4-5H2,(H,9,10);2*3-5,7H,2,6H2,1H3,(H,9,10);3-5H,1-2H3,(H2,8,9,10);3-6H,2H2,1H3,(H,8,9);3-6H,2H2,1H3;2-5H,1H3,(H,7,8);2-4H2,1H3;1H4. The highest BCUT2D eigenvalue weighted by Crippen LogP contribution is 2.24. The number of aromatic nitrogens is 11. The summed E-state index contributed by atoms with van der Waals surface area (Å²) in [5.41, 5.74) is 6.96. The van der Waals surface area contributed by atoms with Crippen LogP contribution in [0.15, 0.2) is 256 Å². The van der Waals surface area contributed by atoms with Crippen molar-refractivity contribution in [3.05, 3.63) is 267 Å². The molecule has 0 unspecified atom stereocenters. The number of nitrogens with zero attached hydrogens (tertiary/aromatic N) is 13. The van der Waals surface area contributed by atoms with Crippen LogP contribution in [-0.2, 0) is 22.4 Å². The lowest BCUT2D eigenvalue weighted by Crippen LogP contribution is -2.40. The van der Waals surface area contributed by atoms with Gasteiger partial charge in [-0.05, 0) is 237 Å². The quantitative estimate of drug-likeness (QED) is 0.0195. The summed E-state index contributed by atoms with van der Waals surface area (Å²) >= 11 is 0. The van der Waals surface area contributed by atoms with Crippen LogP contribution in [0.4, 0.5) is 64.0 Å². The van der Waals surface area contributed by atoms with E-state index in [-0.39, 0.29) is 18.7 Å². The van der Waals surface area contributed by atoms with Crippen molar-refractivity contribution in [2.24, 2.45) is 11.1 Å². The molecule has 2 fully saturated rings. The van der Waals surface area contributed by atoms with Gasteiger partial charge in [0, 0.05) is 166 Å². The maximum atomic E-state index is 12.2. The molecule has 11 aromatic heterocycles. The van der Waals surface area contributed by atoms with Crippen LogP contribution in [-0.4, -0.2) is 161 Å². The molecule has 0 atom stereocenters. The van der Waals surface area contributed by atoms with E-state index in [9.17, 15) is 4.79 Å². The predicted molar refractivity (Wildman–Crippen MR) is 525 cm³/mol. The Morgan fingerprint density at radius 3 is 1.13 bits per heavy atom. The molecule has 25 nitrogen and oxygen atoms in total. The molecule has 0 radical (unpaired) electrons. The summed E-state index contributed by atoms with van der Waals surface area (Å²) in [6, 6.07) is 65.4. The fraction of sp³-hybridized carbons (Fsp3) is 0.429. The number of hydrogen-bond acceptors (Lipinski definition) is 24. The maximum Gasteiger partial charge on any atom is 0.233 e. The molecular formula is C98H151N23O2. The van der Waals surface area contributed by atoms with Crippen LogP contribution in [0.3, 0.4) is 0 Å². The number of ether oxygens (including phenoxy) is 1. The fourth-order valence-corrected chi connectivity index (χ4v) is 10.0. The molecule has 1 saturated heterocycles. The van der Waals surface area contributed by atoms with E-state index in [4.69, 9.17) is 10.5 Å². The zero-order chi connectivity index (χ0) is 88.8. The number of hydrogen-bond donors (Lipinski definition) is 10. The minimum Gasteiger partial charge on any atom is -0.385 e. The zero-order valence-electron chi connectivity index (χ0n) is 76.0. The molecule has 0 spiro atoms. The second kappa shape index (κ2) is 75.0. The topological polar surface area (TPSA) is 309 Å².